The Labute approximate surface area is 169 Å². The van der Waals surface area contributed by atoms with Crippen LogP contribution in [-0.4, -0.2) is 84.9 Å². The second kappa shape index (κ2) is 9.82. The van der Waals surface area contributed by atoms with E-state index < -0.39 is 30.1 Å². The highest BCUT2D eigenvalue weighted by Gasteiger charge is 2.30. The van der Waals surface area contributed by atoms with Crippen molar-refractivity contribution < 1.29 is 23.8 Å². The van der Waals surface area contributed by atoms with E-state index in [1.807, 2.05) is 11.9 Å². The Balaban J connectivity index is 1.53. The molecule has 0 saturated carbocycles. The smallest absolute Gasteiger partial charge is 0.319 e. The van der Waals surface area contributed by atoms with Crippen LogP contribution in [0.1, 0.15) is 6.42 Å². The summed E-state index contributed by atoms with van der Waals surface area (Å²) in [4.78, 5) is 28.6. The number of anilines is 1. The minimum Gasteiger partial charge on any atom is -0.394 e. The predicted octanol–water partition coefficient (Wildman–Crippen LogP) is 0.796. The van der Waals surface area contributed by atoms with Gasteiger partial charge in [-0.3, -0.25) is 4.79 Å². The number of likely N-dealkylation sites (N-methyl/N-ethyl adjacent to an activating group) is 1. The number of aliphatic hydroxyl groups excluding tert-OH is 1. The fourth-order valence-electron chi connectivity index (χ4n) is 3.37. The van der Waals surface area contributed by atoms with Crippen molar-refractivity contribution in [3.63, 3.8) is 0 Å². The average molecular weight is 406 g/mol. The van der Waals surface area contributed by atoms with Gasteiger partial charge in [0, 0.05) is 26.2 Å². The van der Waals surface area contributed by atoms with Crippen molar-refractivity contribution >= 4 is 17.6 Å². The molecule has 0 unspecified atom stereocenters. The van der Waals surface area contributed by atoms with E-state index in [-0.39, 0.29) is 24.6 Å². The molecular weight excluding hydrogens is 379 g/mol. The molecule has 1 fully saturated rings. The number of nitrogens with one attached hydrogen (secondary N) is 2. The van der Waals surface area contributed by atoms with Crippen LogP contribution in [0.3, 0.4) is 0 Å². The summed E-state index contributed by atoms with van der Waals surface area (Å²) in [5.74, 6) is -0.535. The third kappa shape index (κ3) is 5.75. The zero-order valence-electron chi connectivity index (χ0n) is 16.4. The zero-order chi connectivity index (χ0) is 20.8. The highest BCUT2D eigenvalue weighted by molar-refractivity contribution is 5.89. The number of piperazine rings is 1. The molecule has 3 rings (SSSR count). The molecule has 8 nitrogen and oxygen atoms in total. The molecule has 3 amide bonds. The first kappa shape index (κ1) is 21.2. The van der Waals surface area contributed by atoms with E-state index in [1.54, 1.807) is 18.2 Å². The SMILES string of the molecule is CN1CCN(C(=O)C[C@H]2C=C[C@H](NC(=O)Nc3ccccc3F)[C@H](CO)O2)CC1. The van der Waals surface area contributed by atoms with Crippen LogP contribution in [0.4, 0.5) is 14.9 Å². The summed E-state index contributed by atoms with van der Waals surface area (Å²) in [7, 11) is 2.02. The molecule has 158 valence electrons. The van der Waals surface area contributed by atoms with Crippen molar-refractivity contribution in [3.05, 3.63) is 42.2 Å². The quantitative estimate of drug-likeness (QED) is 0.629. The summed E-state index contributed by atoms with van der Waals surface area (Å²) >= 11 is 0. The number of ether oxygens (including phenoxy) is 1. The van der Waals surface area contributed by atoms with Gasteiger partial charge in [0.1, 0.15) is 11.9 Å². The van der Waals surface area contributed by atoms with Crippen LogP contribution in [0.5, 0.6) is 0 Å². The number of hydrogen-bond acceptors (Lipinski definition) is 5. The number of halogens is 1. The highest BCUT2D eigenvalue weighted by atomic mass is 19.1. The van der Waals surface area contributed by atoms with Crippen LogP contribution >= 0.6 is 0 Å². The van der Waals surface area contributed by atoms with Crippen molar-refractivity contribution in [2.45, 2.75) is 24.7 Å². The Hall–Kier alpha value is -2.49. The molecule has 2 aliphatic heterocycles. The number of amides is 3. The molecule has 1 aromatic carbocycles. The van der Waals surface area contributed by atoms with E-state index in [2.05, 4.69) is 15.5 Å². The first-order chi connectivity index (χ1) is 14.0. The molecule has 0 aromatic heterocycles. The largest absolute Gasteiger partial charge is 0.394 e. The summed E-state index contributed by atoms with van der Waals surface area (Å²) in [5.41, 5.74) is 0.0573. The van der Waals surface area contributed by atoms with E-state index in [9.17, 15) is 19.1 Å². The monoisotopic (exact) mass is 406 g/mol. The minimum atomic E-state index is -0.698. The van der Waals surface area contributed by atoms with E-state index in [4.69, 9.17) is 4.74 Å². The molecule has 2 heterocycles. The van der Waals surface area contributed by atoms with Crippen LogP contribution in [0, 0.1) is 5.82 Å². The zero-order valence-corrected chi connectivity index (χ0v) is 16.4. The molecule has 1 saturated heterocycles. The second-order valence-corrected chi connectivity index (χ2v) is 7.27. The number of carbonyl (C=O) groups excluding carboxylic acids is 2. The summed E-state index contributed by atoms with van der Waals surface area (Å²) in [6.45, 7) is 2.74. The Morgan fingerprint density at radius 1 is 1.21 bits per heavy atom. The maximum Gasteiger partial charge on any atom is 0.319 e. The number of nitrogens with zero attached hydrogens (tertiary/aromatic N) is 2. The van der Waals surface area contributed by atoms with Crippen molar-refractivity contribution in [1.29, 1.82) is 0 Å². The lowest BCUT2D eigenvalue weighted by Gasteiger charge is -2.35. The second-order valence-electron chi connectivity index (χ2n) is 7.27. The van der Waals surface area contributed by atoms with Gasteiger partial charge >= 0.3 is 6.03 Å². The van der Waals surface area contributed by atoms with Gasteiger partial charge in [0.2, 0.25) is 5.91 Å². The van der Waals surface area contributed by atoms with Crippen LogP contribution in [0.2, 0.25) is 0 Å². The van der Waals surface area contributed by atoms with Gasteiger partial charge in [-0.25, -0.2) is 9.18 Å². The fraction of sp³-hybridized carbons (Fsp3) is 0.500. The highest BCUT2D eigenvalue weighted by Crippen LogP contribution is 2.18. The van der Waals surface area contributed by atoms with Gasteiger partial charge in [-0.2, -0.15) is 0 Å². The first-order valence-corrected chi connectivity index (χ1v) is 9.69. The summed E-state index contributed by atoms with van der Waals surface area (Å²) in [5, 5.41) is 14.7. The van der Waals surface area contributed by atoms with Gasteiger partial charge < -0.3 is 30.3 Å². The van der Waals surface area contributed by atoms with Gasteiger partial charge in [0.25, 0.3) is 0 Å². The lowest BCUT2D eigenvalue weighted by atomic mass is 10.0. The average Bonchev–Trinajstić information content (AvgIpc) is 2.71. The van der Waals surface area contributed by atoms with Gasteiger partial charge in [-0.15, -0.1) is 0 Å². The Morgan fingerprint density at radius 3 is 2.62 bits per heavy atom. The first-order valence-electron chi connectivity index (χ1n) is 9.69. The molecule has 0 spiro atoms. The van der Waals surface area contributed by atoms with Crippen molar-refractivity contribution in [1.82, 2.24) is 15.1 Å². The number of benzene rings is 1. The third-order valence-corrected chi connectivity index (χ3v) is 5.11. The van der Waals surface area contributed by atoms with Crippen LogP contribution in [0.25, 0.3) is 0 Å². The molecule has 1 aromatic rings. The molecule has 0 bridgehead atoms. The molecule has 3 atom stereocenters. The summed E-state index contributed by atoms with van der Waals surface area (Å²) in [6.07, 6.45) is 2.44. The maximum atomic E-state index is 13.7. The molecule has 0 aliphatic carbocycles. The lowest BCUT2D eigenvalue weighted by molar-refractivity contribution is -0.137. The predicted molar refractivity (Wildman–Crippen MR) is 106 cm³/mol. The third-order valence-electron chi connectivity index (χ3n) is 5.11. The lowest BCUT2D eigenvalue weighted by Crippen LogP contribution is -2.51. The summed E-state index contributed by atoms with van der Waals surface area (Å²) < 4.78 is 19.5. The standard InChI is InChI=1S/C20H27FN4O4/c1-24-8-10-25(11-9-24)19(27)12-14-6-7-17(18(13-26)29-14)23-20(28)22-16-5-3-2-4-15(16)21/h2-7,14,17-18,26H,8-13H2,1H3,(H2,22,23,28)/t14-,17+,18+/m1/s1. The van der Waals surface area contributed by atoms with Gasteiger partial charge in [-0.05, 0) is 19.2 Å². The number of rotatable bonds is 5. The fourth-order valence-corrected chi connectivity index (χ4v) is 3.37. The van der Waals surface area contributed by atoms with Crippen LogP contribution in [-0.2, 0) is 9.53 Å². The maximum absolute atomic E-state index is 13.7. The Morgan fingerprint density at radius 2 is 1.93 bits per heavy atom. The molecule has 3 N–H and O–H groups in total. The van der Waals surface area contributed by atoms with Crippen molar-refractivity contribution in [2.24, 2.45) is 0 Å². The van der Waals surface area contributed by atoms with E-state index in [0.29, 0.717) is 13.1 Å². The Kier molecular flexibility index (Phi) is 7.18. The molecule has 2 aliphatic rings. The van der Waals surface area contributed by atoms with E-state index >= 15 is 0 Å². The van der Waals surface area contributed by atoms with Gasteiger partial charge in [0.05, 0.1) is 30.9 Å². The van der Waals surface area contributed by atoms with Crippen LogP contribution in [0.15, 0.2) is 36.4 Å². The topological polar surface area (TPSA) is 94.1 Å². The minimum absolute atomic E-state index is 0.00754. The normalized spacial score (nSPS) is 24.9. The summed E-state index contributed by atoms with van der Waals surface area (Å²) in [6, 6.07) is 4.63. The number of urea groups is 1. The number of para-hydroxylation sites is 1. The molecule has 29 heavy (non-hydrogen) atoms. The number of hydrogen-bond donors (Lipinski definition) is 3. The molecule has 0 radical (unpaired) electrons. The number of aliphatic hydroxyl groups is 1. The van der Waals surface area contributed by atoms with Crippen LogP contribution < -0.4 is 10.6 Å². The molecular formula is C20H27FN4O4. The number of carbonyl (C=O) groups is 2. The molecule has 9 heteroatoms. The van der Waals surface area contributed by atoms with E-state index in [1.165, 1.54) is 18.2 Å². The van der Waals surface area contributed by atoms with Gasteiger partial charge in [-0.1, -0.05) is 24.3 Å². The van der Waals surface area contributed by atoms with Gasteiger partial charge in [0.15, 0.2) is 0 Å². The van der Waals surface area contributed by atoms with Crippen molar-refractivity contribution in [2.75, 3.05) is 45.2 Å². The van der Waals surface area contributed by atoms with E-state index in [0.717, 1.165) is 13.1 Å². The van der Waals surface area contributed by atoms with Crippen molar-refractivity contribution in [3.8, 4) is 0 Å². The Bertz CT molecular complexity index is 752.